The number of hydrogen-bond acceptors (Lipinski definition) is 4. The standard InChI is InChI=1S/C16H18ClNO3/c1-10-4-2-6-13(16(10)21)12-5-3-7-14(17)15(12)18-8-11(20)9-19/h2-7,11,18-21H,8-9H2,1H3. The maximum atomic E-state index is 10.2. The molecule has 0 heterocycles. The maximum absolute atomic E-state index is 10.2. The minimum atomic E-state index is -0.875. The average Bonchev–Trinajstić information content (AvgIpc) is 2.48. The second-order valence-electron chi connectivity index (χ2n) is 4.85. The van der Waals surface area contributed by atoms with E-state index >= 15 is 0 Å². The first kappa shape index (κ1) is 15.6. The van der Waals surface area contributed by atoms with E-state index in [4.69, 9.17) is 16.7 Å². The Kier molecular flexibility index (Phi) is 5.07. The summed E-state index contributed by atoms with van der Waals surface area (Å²) in [5, 5.41) is 32.1. The largest absolute Gasteiger partial charge is 0.507 e. The lowest BCUT2D eigenvalue weighted by Crippen LogP contribution is -2.23. The Balaban J connectivity index is 2.44. The fourth-order valence-corrected chi connectivity index (χ4v) is 2.33. The monoisotopic (exact) mass is 307 g/mol. The molecule has 0 aromatic heterocycles. The summed E-state index contributed by atoms with van der Waals surface area (Å²) in [5.74, 6) is 0.200. The number of aliphatic hydroxyl groups is 2. The fourth-order valence-electron chi connectivity index (χ4n) is 2.09. The van der Waals surface area contributed by atoms with Crippen molar-refractivity contribution in [3.05, 3.63) is 47.0 Å². The van der Waals surface area contributed by atoms with Crippen molar-refractivity contribution in [3.63, 3.8) is 0 Å². The Hall–Kier alpha value is -1.75. The summed E-state index contributed by atoms with van der Waals surface area (Å²) in [6.07, 6.45) is -0.875. The Morgan fingerprint density at radius 1 is 1.14 bits per heavy atom. The summed E-state index contributed by atoms with van der Waals surface area (Å²) in [4.78, 5) is 0. The van der Waals surface area contributed by atoms with Crippen LogP contribution >= 0.6 is 11.6 Å². The second kappa shape index (κ2) is 6.80. The lowest BCUT2D eigenvalue weighted by atomic mass is 10.00. The molecule has 21 heavy (non-hydrogen) atoms. The molecule has 0 bridgehead atoms. The van der Waals surface area contributed by atoms with Crippen LogP contribution in [-0.4, -0.2) is 34.6 Å². The summed E-state index contributed by atoms with van der Waals surface area (Å²) in [6.45, 7) is 1.66. The van der Waals surface area contributed by atoms with E-state index in [1.807, 2.05) is 31.2 Å². The Labute approximate surface area is 128 Å². The molecule has 5 heteroatoms. The second-order valence-corrected chi connectivity index (χ2v) is 5.26. The number of rotatable bonds is 5. The molecule has 1 atom stereocenters. The van der Waals surface area contributed by atoms with Crippen LogP contribution in [0.5, 0.6) is 5.75 Å². The van der Waals surface area contributed by atoms with E-state index in [2.05, 4.69) is 5.32 Å². The van der Waals surface area contributed by atoms with Crippen LogP contribution in [0.4, 0.5) is 5.69 Å². The van der Waals surface area contributed by atoms with Gasteiger partial charge in [0.15, 0.2) is 0 Å². The zero-order chi connectivity index (χ0) is 15.4. The van der Waals surface area contributed by atoms with Crippen molar-refractivity contribution in [3.8, 4) is 16.9 Å². The Morgan fingerprint density at radius 2 is 1.81 bits per heavy atom. The van der Waals surface area contributed by atoms with Crippen LogP contribution in [0, 0.1) is 6.92 Å². The minimum Gasteiger partial charge on any atom is -0.507 e. The van der Waals surface area contributed by atoms with E-state index in [1.165, 1.54) is 0 Å². The molecule has 0 saturated heterocycles. The number of aliphatic hydroxyl groups excluding tert-OH is 2. The molecule has 0 radical (unpaired) electrons. The zero-order valence-corrected chi connectivity index (χ0v) is 12.4. The van der Waals surface area contributed by atoms with Gasteiger partial charge >= 0.3 is 0 Å². The molecule has 0 amide bonds. The van der Waals surface area contributed by atoms with Crippen LogP contribution in [0.15, 0.2) is 36.4 Å². The lowest BCUT2D eigenvalue weighted by molar-refractivity contribution is 0.105. The molecule has 112 valence electrons. The van der Waals surface area contributed by atoms with Crippen molar-refractivity contribution in [1.82, 2.24) is 0 Å². The number of phenols is 1. The van der Waals surface area contributed by atoms with Crippen molar-refractivity contribution < 1.29 is 15.3 Å². The molecular weight excluding hydrogens is 290 g/mol. The predicted octanol–water partition coefficient (Wildman–Crippen LogP) is 2.79. The number of aromatic hydroxyl groups is 1. The molecule has 1 unspecified atom stereocenters. The van der Waals surface area contributed by atoms with Gasteiger partial charge in [0.25, 0.3) is 0 Å². The molecule has 0 saturated carbocycles. The van der Waals surface area contributed by atoms with Gasteiger partial charge in [0.1, 0.15) is 5.75 Å². The number of nitrogens with one attached hydrogen (secondary N) is 1. The van der Waals surface area contributed by atoms with E-state index < -0.39 is 6.10 Å². The molecule has 0 aliphatic carbocycles. The third kappa shape index (κ3) is 3.47. The number of aryl methyl sites for hydroxylation is 1. The topological polar surface area (TPSA) is 72.7 Å². The highest BCUT2D eigenvalue weighted by molar-refractivity contribution is 6.34. The summed E-state index contributed by atoms with van der Waals surface area (Å²) < 4.78 is 0. The number of anilines is 1. The molecule has 4 N–H and O–H groups in total. The van der Waals surface area contributed by atoms with Gasteiger partial charge in [0, 0.05) is 17.7 Å². The molecular formula is C16H18ClNO3. The van der Waals surface area contributed by atoms with Gasteiger partial charge in [-0.05, 0) is 18.6 Å². The molecule has 2 aromatic rings. The van der Waals surface area contributed by atoms with Gasteiger partial charge in [-0.1, -0.05) is 41.9 Å². The molecule has 4 nitrogen and oxygen atoms in total. The lowest BCUT2D eigenvalue weighted by Gasteiger charge is -2.17. The average molecular weight is 308 g/mol. The van der Waals surface area contributed by atoms with Gasteiger partial charge in [-0.15, -0.1) is 0 Å². The summed E-state index contributed by atoms with van der Waals surface area (Å²) >= 11 is 6.21. The molecule has 0 spiro atoms. The van der Waals surface area contributed by atoms with Crippen LogP contribution in [0.25, 0.3) is 11.1 Å². The van der Waals surface area contributed by atoms with E-state index in [-0.39, 0.29) is 18.9 Å². The number of benzene rings is 2. The summed E-state index contributed by atoms with van der Waals surface area (Å²) in [7, 11) is 0. The van der Waals surface area contributed by atoms with E-state index in [1.54, 1.807) is 12.1 Å². The summed E-state index contributed by atoms with van der Waals surface area (Å²) in [6, 6.07) is 10.9. The SMILES string of the molecule is Cc1cccc(-c2cccc(Cl)c2NCC(O)CO)c1O. The van der Waals surface area contributed by atoms with E-state index in [0.717, 1.165) is 11.1 Å². The highest BCUT2D eigenvalue weighted by Gasteiger charge is 2.14. The highest BCUT2D eigenvalue weighted by atomic mass is 35.5. The minimum absolute atomic E-state index is 0.166. The van der Waals surface area contributed by atoms with Gasteiger partial charge in [-0.2, -0.15) is 0 Å². The third-order valence-corrected chi connectivity index (χ3v) is 3.58. The molecule has 0 fully saturated rings. The van der Waals surface area contributed by atoms with E-state index in [9.17, 15) is 10.2 Å². The van der Waals surface area contributed by atoms with Crippen LogP contribution in [0.2, 0.25) is 5.02 Å². The third-order valence-electron chi connectivity index (χ3n) is 3.27. The first-order valence-electron chi connectivity index (χ1n) is 6.65. The van der Waals surface area contributed by atoms with Crippen LogP contribution in [0.1, 0.15) is 5.56 Å². The normalized spacial score (nSPS) is 12.2. The van der Waals surface area contributed by atoms with Crippen LogP contribution in [0.3, 0.4) is 0 Å². The number of phenolic OH excluding ortho intramolecular Hbond substituents is 1. The Bertz CT molecular complexity index is 631. The maximum Gasteiger partial charge on any atom is 0.126 e. The molecule has 0 aliphatic heterocycles. The van der Waals surface area contributed by atoms with Crippen molar-refractivity contribution in [2.45, 2.75) is 13.0 Å². The van der Waals surface area contributed by atoms with Crippen molar-refractivity contribution in [1.29, 1.82) is 0 Å². The first-order chi connectivity index (χ1) is 10.0. The van der Waals surface area contributed by atoms with Crippen molar-refractivity contribution >= 4 is 17.3 Å². The quantitative estimate of drug-likeness (QED) is 0.685. The highest BCUT2D eigenvalue weighted by Crippen LogP contribution is 2.39. The molecule has 2 aromatic carbocycles. The van der Waals surface area contributed by atoms with Gasteiger partial charge in [-0.3, -0.25) is 0 Å². The van der Waals surface area contributed by atoms with Crippen molar-refractivity contribution in [2.75, 3.05) is 18.5 Å². The van der Waals surface area contributed by atoms with Crippen LogP contribution in [-0.2, 0) is 0 Å². The van der Waals surface area contributed by atoms with Gasteiger partial charge < -0.3 is 20.6 Å². The smallest absolute Gasteiger partial charge is 0.126 e. The Morgan fingerprint density at radius 3 is 2.52 bits per heavy atom. The van der Waals surface area contributed by atoms with Crippen LogP contribution < -0.4 is 5.32 Å². The first-order valence-corrected chi connectivity index (χ1v) is 7.02. The number of hydrogen-bond donors (Lipinski definition) is 4. The zero-order valence-electron chi connectivity index (χ0n) is 11.7. The van der Waals surface area contributed by atoms with Crippen molar-refractivity contribution in [2.24, 2.45) is 0 Å². The number of halogens is 1. The van der Waals surface area contributed by atoms with Gasteiger partial charge in [0.2, 0.25) is 0 Å². The molecule has 0 aliphatic rings. The molecule has 2 rings (SSSR count). The van der Waals surface area contributed by atoms with E-state index in [0.29, 0.717) is 16.3 Å². The van der Waals surface area contributed by atoms with Gasteiger partial charge in [0.05, 0.1) is 23.4 Å². The summed E-state index contributed by atoms with van der Waals surface area (Å²) in [5.41, 5.74) is 2.80. The predicted molar refractivity (Wildman–Crippen MR) is 84.9 cm³/mol. The van der Waals surface area contributed by atoms with Gasteiger partial charge in [-0.25, -0.2) is 0 Å². The fraction of sp³-hybridized carbons (Fsp3) is 0.250. The number of para-hydroxylation sites is 2.